The van der Waals surface area contributed by atoms with Gasteiger partial charge in [0.05, 0.1) is 10.0 Å². The van der Waals surface area contributed by atoms with E-state index in [0.29, 0.717) is 0 Å². The molecule has 0 aliphatic carbocycles. The summed E-state index contributed by atoms with van der Waals surface area (Å²) in [5, 5.41) is 19.2. The predicted octanol–water partition coefficient (Wildman–Crippen LogP) is 5.89. The Hall–Kier alpha value is -1.67. The molecule has 0 amide bonds. The molecule has 0 fully saturated rings. The Labute approximate surface area is 186 Å². The first kappa shape index (κ1) is 22.0. The zero-order valence-corrected chi connectivity index (χ0v) is 18.1. The number of hydrogen-bond donors (Lipinski definition) is 3. The average molecular weight is 494 g/mol. The highest BCUT2D eigenvalue weighted by Crippen LogP contribution is 2.52. The van der Waals surface area contributed by atoms with Gasteiger partial charge in [-0.1, -0.05) is 70.7 Å². The van der Waals surface area contributed by atoms with Gasteiger partial charge in [0.15, 0.2) is 4.75 Å². The Morgan fingerprint density at radius 2 is 1.28 bits per heavy atom. The van der Waals surface area contributed by atoms with E-state index in [1.165, 1.54) is 30.3 Å². The van der Waals surface area contributed by atoms with E-state index in [1.54, 1.807) is 6.07 Å². The fourth-order valence-electron chi connectivity index (χ4n) is 3.22. The molecule has 3 aromatic rings. The van der Waals surface area contributed by atoms with Gasteiger partial charge in [-0.3, -0.25) is 4.55 Å². The number of rotatable bonds is 4. The van der Waals surface area contributed by atoms with Crippen LogP contribution in [0.2, 0.25) is 20.1 Å². The lowest BCUT2D eigenvalue weighted by Crippen LogP contribution is -2.39. The zero-order valence-electron chi connectivity index (χ0n) is 14.3. The van der Waals surface area contributed by atoms with E-state index in [1.807, 2.05) is 0 Å². The minimum atomic E-state index is -5.10. The van der Waals surface area contributed by atoms with Crippen LogP contribution in [0.3, 0.4) is 0 Å². The normalized spacial score (nSPS) is 13.8. The van der Waals surface area contributed by atoms with Gasteiger partial charge in [0, 0.05) is 32.8 Å². The Kier molecular flexibility index (Phi) is 5.98. The number of benzene rings is 3. The highest BCUT2D eigenvalue weighted by molar-refractivity contribution is 7.87. The fraction of sp³-hybridized carbons (Fsp3) is 0.0526. The molecule has 0 bridgehead atoms. The first-order valence-corrected chi connectivity index (χ1v) is 10.8. The Bertz CT molecular complexity index is 1210. The molecule has 0 aliphatic heterocycles. The number of hydrogen-bond acceptors (Lipinski definition) is 4. The molecule has 0 radical (unpaired) electrons. The molecule has 5 nitrogen and oxygen atoms in total. The molecule has 0 saturated carbocycles. The van der Waals surface area contributed by atoms with Gasteiger partial charge >= 0.3 is 0 Å². The van der Waals surface area contributed by atoms with E-state index in [-0.39, 0.29) is 42.5 Å². The maximum absolute atomic E-state index is 13.0. The topological polar surface area (TPSA) is 94.8 Å². The van der Waals surface area contributed by atoms with Gasteiger partial charge < -0.3 is 10.2 Å². The summed E-state index contributed by atoms with van der Waals surface area (Å²) in [4.78, 5) is 0. The third kappa shape index (κ3) is 3.65. The van der Waals surface area contributed by atoms with Crippen molar-refractivity contribution < 1.29 is 23.2 Å². The van der Waals surface area contributed by atoms with Crippen LogP contribution < -0.4 is 0 Å². The molecule has 0 spiro atoms. The van der Waals surface area contributed by atoms with Crippen molar-refractivity contribution >= 4 is 56.5 Å². The Morgan fingerprint density at radius 3 is 1.86 bits per heavy atom. The lowest BCUT2D eigenvalue weighted by Gasteiger charge is -2.34. The molecule has 10 heteroatoms. The van der Waals surface area contributed by atoms with Crippen molar-refractivity contribution in [2.45, 2.75) is 4.75 Å². The molecule has 0 heterocycles. The molecule has 0 aromatic heterocycles. The molecular weight excluding hydrogens is 482 g/mol. The third-order valence-corrected chi connectivity index (χ3v) is 7.24. The Morgan fingerprint density at radius 1 is 0.690 bits per heavy atom. The van der Waals surface area contributed by atoms with Crippen LogP contribution in [0.5, 0.6) is 11.5 Å². The van der Waals surface area contributed by atoms with Gasteiger partial charge in [0.1, 0.15) is 11.5 Å². The molecule has 1 atom stereocenters. The second-order valence-electron chi connectivity index (χ2n) is 6.09. The van der Waals surface area contributed by atoms with Crippen molar-refractivity contribution in [2.24, 2.45) is 0 Å². The van der Waals surface area contributed by atoms with Crippen LogP contribution >= 0.6 is 46.4 Å². The lowest BCUT2D eigenvalue weighted by atomic mass is 9.83. The molecule has 3 rings (SSSR count). The molecule has 3 N–H and O–H groups in total. The first-order valence-electron chi connectivity index (χ1n) is 7.89. The van der Waals surface area contributed by atoms with Gasteiger partial charge in [-0.25, -0.2) is 0 Å². The highest BCUT2D eigenvalue weighted by atomic mass is 35.5. The lowest BCUT2D eigenvalue weighted by molar-refractivity contribution is 0.455. The van der Waals surface area contributed by atoms with Crippen LogP contribution in [0, 0.1) is 0 Å². The van der Waals surface area contributed by atoms with Crippen LogP contribution in [0.25, 0.3) is 0 Å². The molecule has 29 heavy (non-hydrogen) atoms. The van der Waals surface area contributed by atoms with Crippen LogP contribution in [0.4, 0.5) is 0 Å². The second kappa shape index (κ2) is 7.87. The van der Waals surface area contributed by atoms with Gasteiger partial charge in [0.25, 0.3) is 10.1 Å². The molecule has 1 unspecified atom stereocenters. The molecule has 0 saturated heterocycles. The van der Waals surface area contributed by atoms with Crippen LogP contribution in [0.15, 0.2) is 54.6 Å². The van der Waals surface area contributed by atoms with Crippen LogP contribution in [-0.4, -0.2) is 23.2 Å². The van der Waals surface area contributed by atoms with Gasteiger partial charge in [-0.2, -0.15) is 8.42 Å². The van der Waals surface area contributed by atoms with Crippen molar-refractivity contribution in [3.8, 4) is 11.5 Å². The van der Waals surface area contributed by atoms with Crippen molar-refractivity contribution in [2.75, 3.05) is 0 Å². The van der Waals surface area contributed by atoms with Crippen molar-refractivity contribution in [3.63, 3.8) is 0 Å². The maximum atomic E-state index is 13.0. The van der Waals surface area contributed by atoms with E-state index in [4.69, 9.17) is 46.4 Å². The van der Waals surface area contributed by atoms with Crippen LogP contribution in [-0.2, 0) is 14.9 Å². The highest BCUT2D eigenvalue weighted by Gasteiger charge is 2.52. The molecule has 3 aromatic carbocycles. The van der Waals surface area contributed by atoms with Crippen molar-refractivity contribution in [1.82, 2.24) is 0 Å². The monoisotopic (exact) mass is 492 g/mol. The minimum Gasteiger partial charge on any atom is -0.508 e. The van der Waals surface area contributed by atoms with Crippen LogP contribution in [0.1, 0.15) is 16.7 Å². The fourth-order valence-corrected chi connectivity index (χ4v) is 5.80. The summed E-state index contributed by atoms with van der Waals surface area (Å²) in [6, 6.07) is 11.5. The summed E-state index contributed by atoms with van der Waals surface area (Å²) in [6.45, 7) is 0. The summed E-state index contributed by atoms with van der Waals surface area (Å²) in [5.74, 6) is -0.633. The standard InChI is InChI=1S/C19H12Cl4O5S/c20-15-4-2-1-3-12(15)19(29(26,27)28,13-6-5-10(24)8-16(13)21)14-7-11(25)9-17(22)18(14)23/h1-9,24-25H,(H,26,27,28). The second-order valence-corrected chi connectivity index (χ2v) is 9.25. The molecule has 152 valence electrons. The Balaban J connectivity index is 2.66. The smallest absolute Gasteiger partial charge is 0.283 e. The summed E-state index contributed by atoms with van der Waals surface area (Å²) < 4.78 is 34.1. The largest absolute Gasteiger partial charge is 0.508 e. The number of aromatic hydroxyl groups is 2. The summed E-state index contributed by atoms with van der Waals surface area (Å²) in [5.41, 5.74) is -0.510. The first-order chi connectivity index (χ1) is 13.5. The maximum Gasteiger partial charge on any atom is 0.283 e. The van der Waals surface area contributed by atoms with Crippen molar-refractivity contribution in [3.05, 3.63) is 91.4 Å². The van der Waals surface area contributed by atoms with Crippen molar-refractivity contribution in [1.29, 1.82) is 0 Å². The molecular formula is C19H12Cl4O5S. The summed E-state index contributed by atoms with van der Waals surface area (Å²) >= 11 is 25.0. The molecule has 0 aliphatic rings. The zero-order chi connectivity index (χ0) is 21.6. The minimum absolute atomic E-state index is 0.0233. The number of phenols is 2. The van der Waals surface area contributed by atoms with E-state index in [2.05, 4.69) is 0 Å². The van der Waals surface area contributed by atoms with Gasteiger partial charge in [0.2, 0.25) is 0 Å². The average Bonchev–Trinajstić information content (AvgIpc) is 2.61. The summed E-state index contributed by atoms with van der Waals surface area (Å²) in [6.07, 6.45) is 0. The number of phenolic OH excluding ortho intramolecular Hbond substituents is 2. The van der Waals surface area contributed by atoms with Gasteiger partial charge in [-0.15, -0.1) is 0 Å². The van der Waals surface area contributed by atoms with E-state index in [9.17, 15) is 23.2 Å². The van der Waals surface area contributed by atoms with E-state index < -0.39 is 20.6 Å². The van der Waals surface area contributed by atoms with E-state index >= 15 is 0 Å². The summed E-state index contributed by atoms with van der Waals surface area (Å²) in [7, 11) is -5.10. The number of halogens is 4. The van der Waals surface area contributed by atoms with Gasteiger partial charge in [-0.05, 0) is 24.3 Å². The quantitative estimate of drug-likeness (QED) is 0.311. The SMILES string of the molecule is O=S(=O)(O)C(c1ccccc1Cl)(c1ccc(O)cc1Cl)c1cc(O)cc(Cl)c1Cl. The van der Waals surface area contributed by atoms with E-state index in [0.717, 1.165) is 18.2 Å². The predicted molar refractivity (Wildman–Crippen MR) is 114 cm³/mol. The third-order valence-electron chi connectivity index (χ3n) is 4.36.